The molecule has 9 heteroatoms. The molecule has 0 aliphatic carbocycles. The highest BCUT2D eigenvalue weighted by Gasteiger charge is 2.46. The van der Waals surface area contributed by atoms with Crippen LogP contribution < -0.4 is 4.74 Å². The number of carbonyl (C=O) groups is 3. The van der Waals surface area contributed by atoms with Crippen LogP contribution in [-0.2, 0) is 23.9 Å². The molecule has 3 rings (SSSR count). The van der Waals surface area contributed by atoms with Crippen LogP contribution in [0.15, 0.2) is 40.5 Å². The molecule has 1 aromatic carbocycles. The number of amidine groups is 1. The van der Waals surface area contributed by atoms with Crippen LogP contribution in [-0.4, -0.2) is 53.5 Å². The highest BCUT2D eigenvalue weighted by molar-refractivity contribution is 8.15. The van der Waals surface area contributed by atoms with Crippen molar-refractivity contribution in [2.24, 2.45) is 4.99 Å². The molecule has 154 valence electrons. The van der Waals surface area contributed by atoms with E-state index in [0.717, 1.165) is 0 Å². The molecule has 0 radical (unpaired) electrons. The number of hydrogen-bond donors (Lipinski definition) is 0. The first-order valence-corrected chi connectivity index (χ1v) is 9.95. The topological polar surface area (TPSA) is 94.5 Å². The molecule has 0 N–H and O–H groups in total. The number of amides is 1. The lowest BCUT2D eigenvalue weighted by molar-refractivity contribution is -0.141. The minimum Gasteiger partial charge on any atom is -0.460 e. The number of rotatable bonds is 6. The number of ether oxygens (including phenoxy) is 3. The molecule has 0 bridgehead atoms. The number of thioether (sulfide) groups is 1. The van der Waals surface area contributed by atoms with Crippen LogP contribution >= 0.6 is 11.8 Å². The molecule has 0 spiro atoms. The summed E-state index contributed by atoms with van der Waals surface area (Å²) < 4.78 is 15.3. The quantitative estimate of drug-likeness (QED) is 0.398. The molecule has 8 nitrogen and oxygen atoms in total. The Bertz CT molecular complexity index is 893. The van der Waals surface area contributed by atoms with Gasteiger partial charge in [0.15, 0.2) is 5.17 Å². The van der Waals surface area contributed by atoms with Crippen molar-refractivity contribution in [3.63, 3.8) is 0 Å². The summed E-state index contributed by atoms with van der Waals surface area (Å²) in [5, 5.41) is 0.260. The van der Waals surface area contributed by atoms with E-state index in [0.29, 0.717) is 27.8 Å². The van der Waals surface area contributed by atoms with Gasteiger partial charge in [-0.2, -0.15) is 0 Å². The molecule has 29 heavy (non-hydrogen) atoms. The molecule has 1 amide bonds. The monoisotopic (exact) mass is 418 g/mol. The molecule has 2 aliphatic heterocycles. The summed E-state index contributed by atoms with van der Waals surface area (Å²) in [5.74, 6) is -0.722. The molecule has 0 aromatic heterocycles. The third-order valence-corrected chi connectivity index (χ3v) is 5.51. The van der Waals surface area contributed by atoms with Gasteiger partial charge in [0.05, 0.1) is 29.2 Å². The van der Waals surface area contributed by atoms with Crippen molar-refractivity contribution >= 4 is 34.8 Å². The number of carbonyl (C=O) groups excluding carboxylic acids is 3. The number of nitrogens with zero attached hydrogens (tertiary/aromatic N) is 2. The number of fused-ring (bicyclic) bond motifs is 1. The molecule has 2 heterocycles. The third kappa shape index (κ3) is 4.35. The van der Waals surface area contributed by atoms with Gasteiger partial charge >= 0.3 is 11.9 Å². The van der Waals surface area contributed by atoms with E-state index in [1.165, 1.54) is 30.7 Å². The van der Waals surface area contributed by atoms with E-state index in [-0.39, 0.29) is 24.4 Å². The van der Waals surface area contributed by atoms with Gasteiger partial charge in [0, 0.05) is 14.0 Å². The van der Waals surface area contributed by atoms with E-state index in [2.05, 4.69) is 4.99 Å². The van der Waals surface area contributed by atoms with Crippen LogP contribution in [0.5, 0.6) is 5.75 Å². The van der Waals surface area contributed by atoms with Crippen LogP contribution in [0.2, 0.25) is 0 Å². The summed E-state index contributed by atoms with van der Waals surface area (Å²) in [6.45, 7) is 5.22. The first kappa shape index (κ1) is 21.1. The number of methoxy groups -OCH3 is 1. The Morgan fingerprint density at radius 3 is 2.52 bits per heavy atom. The summed E-state index contributed by atoms with van der Waals surface area (Å²) >= 11 is 1.36. The molecule has 0 unspecified atom stereocenters. The third-order valence-electron chi connectivity index (χ3n) is 4.46. The predicted molar refractivity (Wildman–Crippen MR) is 107 cm³/mol. The van der Waals surface area contributed by atoms with E-state index < -0.39 is 18.0 Å². The van der Waals surface area contributed by atoms with Gasteiger partial charge in [-0.05, 0) is 31.5 Å². The Kier molecular flexibility index (Phi) is 6.39. The Hall–Kier alpha value is -2.65. The van der Waals surface area contributed by atoms with Crippen LogP contribution in [0.1, 0.15) is 32.4 Å². The fraction of sp³-hybridized carbons (Fsp3) is 0.400. The molecule has 1 fully saturated rings. The molecule has 2 aliphatic rings. The number of esters is 2. The molecule has 1 aromatic rings. The second-order valence-electron chi connectivity index (χ2n) is 6.56. The lowest BCUT2D eigenvalue weighted by atomic mass is 9.94. The minimum atomic E-state index is -0.672. The Morgan fingerprint density at radius 1 is 1.21 bits per heavy atom. The van der Waals surface area contributed by atoms with Crippen LogP contribution in [0.4, 0.5) is 0 Å². The van der Waals surface area contributed by atoms with Gasteiger partial charge in [-0.25, -0.2) is 9.79 Å². The minimum absolute atomic E-state index is 0.0971. The van der Waals surface area contributed by atoms with Crippen molar-refractivity contribution < 1.29 is 28.6 Å². The first-order chi connectivity index (χ1) is 13.8. The SMILES string of the molecule is COCCOC(=O)C1=C(C)N=C2S[C@@H](C)C(=O)N2[C@H]1c1ccc(OC(C)=O)cc1. The van der Waals surface area contributed by atoms with E-state index in [9.17, 15) is 14.4 Å². The van der Waals surface area contributed by atoms with Crippen molar-refractivity contribution in [1.29, 1.82) is 0 Å². The van der Waals surface area contributed by atoms with Crippen LogP contribution in [0, 0.1) is 0 Å². The molecule has 2 atom stereocenters. The van der Waals surface area contributed by atoms with Gasteiger partial charge in [0.2, 0.25) is 5.91 Å². The average Bonchev–Trinajstić information content (AvgIpc) is 2.94. The molecular formula is C20H22N2O6S. The van der Waals surface area contributed by atoms with Gasteiger partial charge in [-0.3, -0.25) is 14.5 Å². The zero-order valence-corrected chi connectivity index (χ0v) is 17.4. The normalized spacial score (nSPS) is 21.0. The van der Waals surface area contributed by atoms with Crippen LogP contribution in [0.25, 0.3) is 0 Å². The second kappa shape index (κ2) is 8.79. The second-order valence-corrected chi connectivity index (χ2v) is 7.86. The lowest BCUT2D eigenvalue weighted by Crippen LogP contribution is -2.40. The lowest BCUT2D eigenvalue weighted by Gasteiger charge is -2.33. The van der Waals surface area contributed by atoms with Gasteiger partial charge < -0.3 is 14.2 Å². The summed E-state index contributed by atoms with van der Waals surface area (Å²) in [6.07, 6.45) is 0. The number of aliphatic imine (C=N–C) groups is 1. The maximum absolute atomic E-state index is 12.8. The highest BCUT2D eigenvalue weighted by atomic mass is 32.2. The Balaban J connectivity index is 2.00. The predicted octanol–water partition coefficient (Wildman–Crippen LogP) is 2.45. The Labute approximate surface area is 172 Å². The number of hydrogen-bond acceptors (Lipinski definition) is 8. The van der Waals surface area contributed by atoms with Crippen molar-refractivity contribution in [3.8, 4) is 5.75 Å². The number of allylic oxidation sites excluding steroid dienone is 1. The summed E-state index contributed by atoms with van der Waals surface area (Å²) in [4.78, 5) is 42.8. The highest BCUT2D eigenvalue weighted by Crippen LogP contribution is 2.43. The summed E-state index contributed by atoms with van der Waals surface area (Å²) in [6, 6.07) is 6.03. The van der Waals surface area contributed by atoms with Gasteiger partial charge in [-0.15, -0.1) is 0 Å². The fourth-order valence-electron chi connectivity index (χ4n) is 3.16. The van der Waals surface area contributed by atoms with E-state index in [4.69, 9.17) is 14.2 Å². The van der Waals surface area contributed by atoms with Crippen LogP contribution in [0.3, 0.4) is 0 Å². The molecule has 0 saturated carbocycles. The van der Waals surface area contributed by atoms with Gasteiger partial charge in [0.1, 0.15) is 12.4 Å². The van der Waals surface area contributed by atoms with Gasteiger partial charge in [-0.1, -0.05) is 23.9 Å². The van der Waals surface area contributed by atoms with Crippen molar-refractivity contribution in [1.82, 2.24) is 4.90 Å². The molecule has 1 saturated heterocycles. The summed E-state index contributed by atoms with van der Waals surface area (Å²) in [5.41, 5.74) is 1.49. The first-order valence-electron chi connectivity index (χ1n) is 9.07. The van der Waals surface area contributed by atoms with Crippen molar-refractivity contribution in [2.45, 2.75) is 32.1 Å². The van der Waals surface area contributed by atoms with E-state index in [1.807, 2.05) is 0 Å². The fourth-order valence-corrected chi connectivity index (χ4v) is 4.19. The average molecular weight is 418 g/mol. The Morgan fingerprint density at radius 2 is 1.90 bits per heavy atom. The summed E-state index contributed by atoms with van der Waals surface area (Å²) in [7, 11) is 1.52. The zero-order chi connectivity index (χ0) is 21.1. The standard InChI is InChI=1S/C20H22N2O6S/c1-11-16(19(25)27-10-9-26-4)17(22-18(24)12(2)29-20(22)21-11)14-5-7-15(8-6-14)28-13(3)23/h5-8,12,17H,9-10H2,1-4H3/t12-,17-/m0/s1. The molecular weight excluding hydrogens is 396 g/mol. The van der Waals surface area contributed by atoms with Crippen molar-refractivity contribution in [2.75, 3.05) is 20.3 Å². The smallest absolute Gasteiger partial charge is 0.338 e. The zero-order valence-electron chi connectivity index (χ0n) is 16.6. The van der Waals surface area contributed by atoms with E-state index >= 15 is 0 Å². The number of benzene rings is 1. The largest absolute Gasteiger partial charge is 0.460 e. The maximum Gasteiger partial charge on any atom is 0.338 e. The van der Waals surface area contributed by atoms with E-state index in [1.54, 1.807) is 38.1 Å². The van der Waals surface area contributed by atoms with Gasteiger partial charge in [0.25, 0.3) is 0 Å². The maximum atomic E-state index is 12.8. The van der Waals surface area contributed by atoms with Crippen molar-refractivity contribution in [3.05, 3.63) is 41.1 Å².